The number of Topliss-reactive ketones (excluding diaryl/α,β-unsaturated/α-hetero) is 1. The highest BCUT2D eigenvalue weighted by Crippen LogP contribution is 2.19. The SMILES string of the molecule is CCC1CCN(CCN2CCN(CCC(=O)C(C)C)CC2)CC1. The van der Waals surface area contributed by atoms with Gasteiger partial charge in [-0.2, -0.15) is 0 Å². The zero-order valence-electron chi connectivity index (χ0n) is 15.6. The molecular formula is C19H37N3O. The molecule has 0 saturated carbocycles. The highest BCUT2D eigenvalue weighted by molar-refractivity contribution is 5.80. The second kappa shape index (κ2) is 9.75. The van der Waals surface area contributed by atoms with Gasteiger partial charge in [0.1, 0.15) is 5.78 Å². The molecule has 0 aromatic carbocycles. The molecule has 0 aromatic rings. The van der Waals surface area contributed by atoms with E-state index in [2.05, 4.69) is 21.6 Å². The summed E-state index contributed by atoms with van der Waals surface area (Å²) < 4.78 is 0. The maximum Gasteiger partial charge on any atom is 0.136 e. The van der Waals surface area contributed by atoms with E-state index in [9.17, 15) is 4.79 Å². The minimum absolute atomic E-state index is 0.188. The molecule has 2 aliphatic heterocycles. The lowest BCUT2D eigenvalue weighted by molar-refractivity contribution is -0.122. The molecule has 0 bridgehead atoms. The van der Waals surface area contributed by atoms with Crippen molar-refractivity contribution in [3.05, 3.63) is 0 Å². The van der Waals surface area contributed by atoms with Crippen molar-refractivity contribution in [2.75, 3.05) is 58.9 Å². The molecule has 2 saturated heterocycles. The van der Waals surface area contributed by atoms with E-state index in [1.807, 2.05) is 13.8 Å². The number of carbonyl (C=O) groups excluding carboxylic acids is 1. The van der Waals surface area contributed by atoms with E-state index in [0.717, 1.165) is 32.0 Å². The number of piperidine rings is 1. The molecule has 134 valence electrons. The molecule has 23 heavy (non-hydrogen) atoms. The third kappa shape index (κ3) is 6.52. The van der Waals surface area contributed by atoms with Gasteiger partial charge in [0.15, 0.2) is 0 Å². The first-order valence-corrected chi connectivity index (χ1v) is 9.78. The van der Waals surface area contributed by atoms with Crippen molar-refractivity contribution in [1.82, 2.24) is 14.7 Å². The smallest absolute Gasteiger partial charge is 0.136 e. The van der Waals surface area contributed by atoms with Gasteiger partial charge in [-0.05, 0) is 31.8 Å². The summed E-state index contributed by atoms with van der Waals surface area (Å²) in [6, 6.07) is 0. The highest BCUT2D eigenvalue weighted by atomic mass is 16.1. The lowest BCUT2D eigenvalue weighted by Gasteiger charge is -2.37. The fourth-order valence-electron chi connectivity index (χ4n) is 3.69. The third-order valence-electron chi connectivity index (χ3n) is 5.80. The maximum absolute atomic E-state index is 11.7. The van der Waals surface area contributed by atoms with Crippen molar-refractivity contribution in [1.29, 1.82) is 0 Å². The Labute approximate surface area is 143 Å². The molecule has 4 nitrogen and oxygen atoms in total. The highest BCUT2D eigenvalue weighted by Gasteiger charge is 2.21. The van der Waals surface area contributed by atoms with Gasteiger partial charge in [0.05, 0.1) is 0 Å². The average Bonchev–Trinajstić information content (AvgIpc) is 2.59. The minimum atomic E-state index is 0.188. The Hall–Kier alpha value is -0.450. The summed E-state index contributed by atoms with van der Waals surface area (Å²) in [5.74, 6) is 1.57. The van der Waals surface area contributed by atoms with E-state index in [4.69, 9.17) is 0 Å². The molecule has 2 fully saturated rings. The van der Waals surface area contributed by atoms with Crippen LogP contribution < -0.4 is 0 Å². The number of rotatable bonds is 8. The van der Waals surface area contributed by atoms with Crippen molar-refractivity contribution in [3.8, 4) is 0 Å². The summed E-state index contributed by atoms with van der Waals surface area (Å²) in [5, 5.41) is 0. The van der Waals surface area contributed by atoms with E-state index < -0.39 is 0 Å². The van der Waals surface area contributed by atoms with Gasteiger partial charge in [-0.1, -0.05) is 27.2 Å². The Morgan fingerprint density at radius 1 is 0.870 bits per heavy atom. The normalized spacial score (nSPS) is 22.8. The van der Waals surface area contributed by atoms with Gasteiger partial charge < -0.3 is 9.80 Å². The van der Waals surface area contributed by atoms with Gasteiger partial charge in [0.25, 0.3) is 0 Å². The Morgan fingerprint density at radius 2 is 1.35 bits per heavy atom. The van der Waals surface area contributed by atoms with E-state index in [1.165, 1.54) is 58.5 Å². The molecule has 2 heterocycles. The van der Waals surface area contributed by atoms with Gasteiger partial charge >= 0.3 is 0 Å². The van der Waals surface area contributed by atoms with Gasteiger partial charge in [-0.15, -0.1) is 0 Å². The molecule has 0 radical (unpaired) electrons. The van der Waals surface area contributed by atoms with Crippen molar-refractivity contribution in [2.24, 2.45) is 11.8 Å². The van der Waals surface area contributed by atoms with Crippen molar-refractivity contribution < 1.29 is 4.79 Å². The van der Waals surface area contributed by atoms with Crippen molar-refractivity contribution in [3.63, 3.8) is 0 Å². The molecule has 4 heteroatoms. The zero-order valence-corrected chi connectivity index (χ0v) is 15.6. The predicted octanol–water partition coefficient (Wildman–Crippen LogP) is 2.34. The van der Waals surface area contributed by atoms with Crippen LogP contribution in [0, 0.1) is 11.8 Å². The first kappa shape index (κ1) is 18.9. The fraction of sp³-hybridized carbons (Fsp3) is 0.947. The standard InChI is InChI=1S/C19H37N3O/c1-4-18-5-8-20(9-6-18)11-14-22-15-12-21(13-16-22)10-7-19(23)17(2)3/h17-18H,4-16H2,1-3H3. The number of ketones is 1. The largest absolute Gasteiger partial charge is 0.302 e. The Morgan fingerprint density at radius 3 is 1.83 bits per heavy atom. The molecule has 0 aromatic heterocycles. The zero-order chi connectivity index (χ0) is 16.7. The van der Waals surface area contributed by atoms with Crippen LogP contribution in [0.2, 0.25) is 0 Å². The van der Waals surface area contributed by atoms with Crippen LogP contribution in [-0.4, -0.2) is 79.4 Å². The van der Waals surface area contributed by atoms with Crippen LogP contribution in [0.15, 0.2) is 0 Å². The summed E-state index contributed by atoms with van der Waals surface area (Å²) >= 11 is 0. The van der Waals surface area contributed by atoms with Gasteiger partial charge in [-0.25, -0.2) is 0 Å². The van der Waals surface area contributed by atoms with Crippen LogP contribution in [0.3, 0.4) is 0 Å². The lowest BCUT2D eigenvalue weighted by atomic mass is 9.94. The number of nitrogens with zero attached hydrogens (tertiary/aromatic N) is 3. The number of carbonyl (C=O) groups is 1. The number of hydrogen-bond acceptors (Lipinski definition) is 4. The quantitative estimate of drug-likeness (QED) is 0.685. The van der Waals surface area contributed by atoms with E-state index >= 15 is 0 Å². The fourth-order valence-corrected chi connectivity index (χ4v) is 3.69. The summed E-state index contributed by atoms with van der Waals surface area (Å²) in [6.07, 6.45) is 4.88. The van der Waals surface area contributed by atoms with Crippen molar-refractivity contribution >= 4 is 5.78 Å². The van der Waals surface area contributed by atoms with Gasteiger partial charge in [0.2, 0.25) is 0 Å². The molecule has 0 spiro atoms. The van der Waals surface area contributed by atoms with Crippen LogP contribution in [0.1, 0.15) is 46.5 Å². The second-order valence-corrected chi connectivity index (χ2v) is 7.75. The van der Waals surface area contributed by atoms with Gasteiger partial charge in [0, 0.05) is 58.2 Å². The third-order valence-corrected chi connectivity index (χ3v) is 5.80. The summed E-state index contributed by atoms with van der Waals surface area (Å²) in [7, 11) is 0. The molecule has 0 unspecified atom stereocenters. The molecule has 0 atom stereocenters. The monoisotopic (exact) mass is 323 g/mol. The molecule has 0 amide bonds. The second-order valence-electron chi connectivity index (χ2n) is 7.75. The van der Waals surface area contributed by atoms with Gasteiger partial charge in [-0.3, -0.25) is 9.69 Å². The predicted molar refractivity (Wildman–Crippen MR) is 96.8 cm³/mol. The minimum Gasteiger partial charge on any atom is -0.302 e. The summed E-state index contributed by atoms with van der Waals surface area (Å²) in [5.41, 5.74) is 0. The van der Waals surface area contributed by atoms with Crippen LogP contribution in [-0.2, 0) is 4.79 Å². The number of hydrogen-bond donors (Lipinski definition) is 0. The Bertz CT molecular complexity index is 343. The molecule has 0 N–H and O–H groups in total. The topological polar surface area (TPSA) is 26.8 Å². The van der Waals surface area contributed by atoms with Crippen LogP contribution in [0.25, 0.3) is 0 Å². The van der Waals surface area contributed by atoms with E-state index in [0.29, 0.717) is 5.78 Å². The van der Waals surface area contributed by atoms with Crippen LogP contribution in [0.4, 0.5) is 0 Å². The average molecular weight is 324 g/mol. The summed E-state index contributed by atoms with van der Waals surface area (Å²) in [6.45, 7) is 16.9. The molecular weight excluding hydrogens is 286 g/mol. The molecule has 0 aliphatic carbocycles. The molecule has 2 aliphatic rings. The Kier molecular flexibility index (Phi) is 8.01. The van der Waals surface area contributed by atoms with Crippen LogP contribution in [0.5, 0.6) is 0 Å². The maximum atomic E-state index is 11.7. The van der Waals surface area contributed by atoms with E-state index in [1.54, 1.807) is 0 Å². The number of piperazine rings is 1. The Balaban J connectivity index is 1.55. The van der Waals surface area contributed by atoms with Crippen LogP contribution >= 0.6 is 0 Å². The number of likely N-dealkylation sites (tertiary alicyclic amines) is 1. The summed E-state index contributed by atoms with van der Waals surface area (Å²) in [4.78, 5) is 19.4. The van der Waals surface area contributed by atoms with E-state index in [-0.39, 0.29) is 5.92 Å². The first-order valence-electron chi connectivity index (χ1n) is 9.78. The lowest BCUT2D eigenvalue weighted by Crippen LogP contribution is -2.49. The molecule has 2 rings (SSSR count). The first-order chi connectivity index (χ1) is 11.1. The van der Waals surface area contributed by atoms with Crippen molar-refractivity contribution in [2.45, 2.75) is 46.5 Å².